The number of ketones is 1. The molecule has 0 N–H and O–H groups in total. The van der Waals surface area contributed by atoms with Gasteiger partial charge in [-0.05, 0) is 47.9 Å². The molecule has 0 atom stereocenters. The Kier molecular flexibility index (Phi) is 5.59. The minimum Gasteiger partial charge on any atom is -0.493 e. The first kappa shape index (κ1) is 20.2. The molecule has 1 amide bonds. The van der Waals surface area contributed by atoms with Crippen LogP contribution in [-0.4, -0.2) is 18.8 Å². The van der Waals surface area contributed by atoms with E-state index < -0.39 is 11.7 Å². The summed E-state index contributed by atoms with van der Waals surface area (Å²) in [5.74, 6) is 0.197. The zero-order valence-corrected chi connectivity index (χ0v) is 18.2. The number of Topliss-reactive ketones (excluding diaryl/α,β-unsaturated/α-hetero) is 1. The lowest BCUT2D eigenvalue weighted by atomic mass is 10.1. The largest absolute Gasteiger partial charge is 0.493 e. The monoisotopic (exact) mass is 465 g/mol. The number of rotatable bonds is 6. The lowest BCUT2D eigenvalue weighted by Crippen LogP contribution is -2.29. The summed E-state index contributed by atoms with van der Waals surface area (Å²) in [6.07, 6.45) is 0. The smallest absolute Gasteiger partial charge is 0.299 e. The molecule has 6 heteroatoms. The summed E-state index contributed by atoms with van der Waals surface area (Å²) in [6, 6.07) is 19.0. The Labute approximate surface area is 183 Å². The van der Waals surface area contributed by atoms with Crippen LogP contribution in [0.4, 0.5) is 5.69 Å². The third kappa shape index (κ3) is 3.83. The number of anilines is 1. The Morgan fingerprint density at radius 3 is 2.43 bits per heavy atom. The summed E-state index contributed by atoms with van der Waals surface area (Å²) < 4.78 is 12.2. The Morgan fingerprint density at radius 1 is 0.933 bits per heavy atom. The second-order valence-corrected chi connectivity index (χ2v) is 8.01. The van der Waals surface area contributed by atoms with Crippen LogP contribution in [0.3, 0.4) is 0 Å². The van der Waals surface area contributed by atoms with Crippen molar-refractivity contribution in [3.8, 4) is 11.5 Å². The van der Waals surface area contributed by atoms with Crippen LogP contribution in [-0.2, 0) is 17.9 Å². The van der Waals surface area contributed by atoms with Gasteiger partial charge < -0.3 is 14.4 Å². The lowest BCUT2D eigenvalue weighted by molar-refractivity contribution is -0.114. The van der Waals surface area contributed by atoms with Crippen LogP contribution >= 0.6 is 15.9 Å². The maximum atomic E-state index is 12.6. The molecule has 1 aliphatic rings. The Balaban J connectivity index is 1.57. The highest BCUT2D eigenvalue weighted by Gasteiger charge is 2.37. The molecule has 3 aromatic carbocycles. The number of halogens is 1. The molecule has 0 radical (unpaired) electrons. The van der Waals surface area contributed by atoms with Crippen molar-refractivity contribution in [3.63, 3.8) is 0 Å². The van der Waals surface area contributed by atoms with Crippen LogP contribution in [0.25, 0.3) is 0 Å². The van der Waals surface area contributed by atoms with Gasteiger partial charge in [0, 0.05) is 4.47 Å². The minimum atomic E-state index is -0.519. The van der Waals surface area contributed by atoms with Gasteiger partial charge in [-0.2, -0.15) is 0 Å². The van der Waals surface area contributed by atoms with E-state index in [4.69, 9.17) is 9.47 Å². The van der Waals surface area contributed by atoms with Gasteiger partial charge in [-0.3, -0.25) is 9.59 Å². The number of carbonyl (C=O) groups excluding carboxylic acids is 2. The fourth-order valence-electron chi connectivity index (χ4n) is 3.60. The van der Waals surface area contributed by atoms with E-state index in [9.17, 15) is 9.59 Å². The van der Waals surface area contributed by atoms with Gasteiger partial charge in [0.15, 0.2) is 11.5 Å². The summed E-state index contributed by atoms with van der Waals surface area (Å²) in [5, 5.41) is 0. The minimum absolute atomic E-state index is 0.273. The first-order chi connectivity index (χ1) is 14.5. The molecule has 1 aliphatic heterocycles. The van der Waals surface area contributed by atoms with Crippen LogP contribution in [0, 0.1) is 6.92 Å². The van der Waals surface area contributed by atoms with E-state index in [0.717, 1.165) is 21.2 Å². The average molecular weight is 466 g/mol. The molecule has 152 valence electrons. The first-order valence-corrected chi connectivity index (χ1v) is 10.3. The van der Waals surface area contributed by atoms with E-state index in [0.29, 0.717) is 29.4 Å². The number of methoxy groups -OCH3 is 1. The predicted octanol–water partition coefficient (Wildman–Crippen LogP) is 5.07. The Morgan fingerprint density at radius 2 is 1.70 bits per heavy atom. The molecule has 1 heterocycles. The fraction of sp³-hybridized carbons (Fsp3) is 0.167. The van der Waals surface area contributed by atoms with Crippen molar-refractivity contribution in [1.82, 2.24) is 0 Å². The normalized spacial score (nSPS) is 12.8. The van der Waals surface area contributed by atoms with Gasteiger partial charge >= 0.3 is 0 Å². The molecule has 0 saturated carbocycles. The molecule has 4 rings (SSSR count). The van der Waals surface area contributed by atoms with Gasteiger partial charge in [-0.15, -0.1) is 0 Å². The van der Waals surface area contributed by atoms with Crippen LogP contribution in [0.1, 0.15) is 27.0 Å². The summed E-state index contributed by atoms with van der Waals surface area (Å²) in [7, 11) is 1.58. The summed E-state index contributed by atoms with van der Waals surface area (Å²) in [5.41, 5.74) is 3.87. The van der Waals surface area contributed by atoms with Crippen molar-refractivity contribution in [3.05, 3.63) is 87.4 Å². The van der Waals surface area contributed by atoms with Crippen LogP contribution in [0.2, 0.25) is 0 Å². The van der Waals surface area contributed by atoms with Gasteiger partial charge in [0.05, 0.1) is 24.9 Å². The van der Waals surface area contributed by atoms with E-state index in [2.05, 4.69) is 15.9 Å². The molecule has 3 aromatic rings. The van der Waals surface area contributed by atoms with Crippen LogP contribution in [0.15, 0.2) is 65.1 Å². The number of benzene rings is 3. The topological polar surface area (TPSA) is 55.8 Å². The standard InChI is InChI=1S/C24H20BrNO4/c1-15-10-18(25)12-19-22(15)26(24(28)23(19)27)13-17-8-9-20(21(11-17)29-2)30-14-16-6-4-3-5-7-16/h3-12H,13-14H2,1-2H3. The van der Waals surface area contributed by atoms with Crippen molar-refractivity contribution in [1.29, 1.82) is 0 Å². The quantitative estimate of drug-likeness (QED) is 0.476. The number of carbonyl (C=O) groups is 2. The van der Waals surface area contributed by atoms with Crippen molar-refractivity contribution >= 4 is 33.3 Å². The van der Waals surface area contributed by atoms with E-state index in [1.165, 1.54) is 4.90 Å². The highest BCUT2D eigenvalue weighted by atomic mass is 79.9. The zero-order chi connectivity index (χ0) is 21.3. The van der Waals surface area contributed by atoms with Gasteiger partial charge in [-0.25, -0.2) is 0 Å². The van der Waals surface area contributed by atoms with Crippen molar-refractivity contribution in [2.24, 2.45) is 0 Å². The first-order valence-electron chi connectivity index (χ1n) is 9.48. The number of amides is 1. The van der Waals surface area contributed by atoms with E-state index in [1.54, 1.807) is 13.2 Å². The Hall–Kier alpha value is -3.12. The van der Waals surface area contributed by atoms with Gasteiger partial charge in [0.25, 0.3) is 11.7 Å². The summed E-state index contributed by atoms with van der Waals surface area (Å²) in [4.78, 5) is 26.6. The predicted molar refractivity (Wildman–Crippen MR) is 118 cm³/mol. The second-order valence-electron chi connectivity index (χ2n) is 7.10. The van der Waals surface area contributed by atoms with E-state index >= 15 is 0 Å². The molecule has 5 nitrogen and oxygen atoms in total. The number of hydrogen-bond acceptors (Lipinski definition) is 4. The number of nitrogens with zero attached hydrogens (tertiary/aromatic N) is 1. The lowest BCUT2D eigenvalue weighted by Gasteiger charge is -2.20. The van der Waals surface area contributed by atoms with Crippen molar-refractivity contribution < 1.29 is 19.1 Å². The molecule has 0 fully saturated rings. The van der Waals surface area contributed by atoms with E-state index in [1.807, 2.05) is 61.5 Å². The van der Waals surface area contributed by atoms with Gasteiger partial charge in [0.2, 0.25) is 0 Å². The number of fused-ring (bicyclic) bond motifs is 1. The Bertz CT molecular complexity index is 1130. The maximum Gasteiger partial charge on any atom is 0.299 e. The number of aryl methyl sites for hydroxylation is 1. The SMILES string of the molecule is COc1cc(CN2C(=O)C(=O)c3cc(Br)cc(C)c32)ccc1OCc1ccccc1. The molecule has 0 spiro atoms. The molecular weight excluding hydrogens is 446 g/mol. The second kappa shape index (κ2) is 8.32. The average Bonchev–Trinajstić information content (AvgIpc) is 2.98. The van der Waals surface area contributed by atoms with Crippen molar-refractivity contribution in [2.75, 3.05) is 12.0 Å². The molecule has 30 heavy (non-hydrogen) atoms. The highest BCUT2D eigenvalue weighted by Crippen LogP contribution is 2.37. The summed E-state index contributed by atoms with van der Waals surface area (Å²) in [6.45, 7) is 2.59. The highest BCUT2D eigenvalue weighted by molar-refractivity contribution is 9.10. The van der Waals surface area contributed by atoms with E-state index in [-0.39, 0.29) is 6.54 Å². The number of hydrogen-bond donors (Lipinski definition) is 0. The third-order valence-electron chi connectivity index (χ3n) is 5.03. The van der Waals surface area contributed by atoms with Crippen LogP contribution < -0.4 is 14.4 Å². The fourth-order valence-corrected chi connectivity index (χ4v) is 4.18. The van der Waals surface area contributed by atoms with Crippen LogP contribution in [0.5, 0.6) is 11.5 Å². The zero-order valence-electron chi connectivity index (χ0n) is 16.6. The maximum absolute atomic E-state index is 12.6. The summed E-state index contributed by atoms with van der Waals surface area (Å²) >= 11 is 3.40. The molecule has 0 saturated heterocycles. The molecular formula is C24H20BrNO4. The number of ether oxygens (including phenoxy) is 2. The molecule has 0 aromatic heterocycles. The molecule has 0 aliphatic carbocycles. The molecule has 0 bridgehead atoms. The van der Waals surface area contributed by atoms with Gasteiger partial charge in [-0.1, -0.05) is 52.3 Å². The van der Waals surface area contributed by atoms with Crippen molar-refractivity contribution in [2.45, 2.75) is 20.1 Å². The van der Waals surface area contributed by atoms with Gasteiger partial charge in [0.1, 0.15) is 6.61 Å². The third-order valence-corrected chi connectivity index (χ3v) is 5.48. The molecule has 0 unspecified atom stereocenters.